The lowest BCUT2D eigenvalue weighted by Gasteiger charge is -2.16. The first-order valence-electron chi connectivity index (χ1n) is 7.47. The fraction of sp³-hybridized carbons (Fsp3) is 0.211. The second kappa shape index (κ2) is 5.68. The van der Waals surface area contributed by atoms with Crippen LogP contribution in [0.3, 0.4) is 0 Å². The molecule has 0 saturated carbocycles. The molecule has 0 aliphatic rings. The number of pyridine rings is 1. The van der Waals surface area contributed by atoms with Gasteiger partial charge in [-0.15, -0.1) is 0 Å². The zero-order valence-corrected chi connectivity index (χ0v) is 13.1. The fourth-order valence-corrected chi connectivity index (χ4v) is 2.81. The average molecular weight is 293 g/mol. The zero-order chi connectivity index (χ0) is 15.7. The summed E-state index contributed by atoms with van der Waals surface area (Å²) in [5.41, 5.74) is 2.85. The van der Waals surface area contributed by atoms with E-state index in [-0.39, 0.29) is 5.56 Å². The second-order valence-electron chi connectivity index (χ2n) is 5.38. The van der Waals surface area contributed by atoms with Crippen molar-refractivity contribution in [2.24, 2.45) is 0 Å². The van der Waals surface area contributed by atoms with Crippen LogP contribution in [0.5, 0.6) is 5.88 Å². The number of fused-ring (bicyclic) bond motifs is 1. The van der Waals surface area contributed by atoms with E-state index in [1.807, 2.05) is 69.3 Å². The summed E-state index contributed by atoms with van der Waals surface area (Å²) in [6, 6.07) is 15.7. The summed E-state index contributed by atoms with van der Waals surface area (Å²) < 4.78 is 7.41. The second-order valence-corrected chi connectivity index (χ2v) is 5.38. The third-order valence-corrected chi connectivity index (χ3v) is 3.87. The lowest BCUT2D eigenvalue weighted by molar-refractivity contribution is 0.318. The molecule has 1 aromatic heterocycles. The highest BCUT2D eigenvalue weighted by Crippen LogP contribution is 2.24. The highest BCUT2D eigenvalue weighted by Gasteiger charge is 2.14. The molecule has 0 amide bonds. The zero-order valence-electron chi connectivity index (χ0n) is 13.1. The molecule has 0 fully saturated rings. The molecule has 0 aliphatic heterocycles. The number of hydrogen-bond acceptors (Lipinski definition) is 2. The van der Waals surface area contributed by atoms with Gasteiger partial charge >= 0.3 is 0 Å². The predicted molar refractivity (Wildman–Crippen MR) is 90.2 cm³/mol. The van der Waals surface area contributed by atoms with Crippen molar-refractivity contribution in [1.29, 1.82) is 0 Å². The highest BCUT2D eigenvalue weighted by molar-refractivity contribution is 5.86. The molecular weight excluding hydrogens is 274 g/mol. The van der Waals surface area contributed by atoms with Crippen molar-refractivity contribution in [2.45, 2.75) is 20.8 Å². The number of benzene rings is 2. The Kier molecular flexibility index (Phi) is 3.72. The standard InChI is InChI=1S/C19H19NO2/c1-4-22-17-12-15-10-7-9-14(3)18(15)19(21)20(17)16-11-6-5-8-13(16)2/h5-12H,4H2,1-3H3. The summed E-state index contributed by atoms with van der Waals surface area (Å²) in [4.78, 5) is 13.1. The van der Waals surface area contributed by atoms with Gasteiger partial charge in [0.25, 0.3) is 5.56 Å². The number of ether oxygens (including phenoxy) is 1. The molecule has 0 bridgehead atoms. The van der Waals surface area contributed by atoms with Crippen molar-refractivity contribution in [3.05, 3.63) is 70.0 Å². The summed E-state index contributed by atoms with van der Waals surface area (Å²) in [6.45, 7) is 6.40. The van der Waals surface area contributed by atoms with Gasteiger partial charge in [-0.25, -0.2) is 4.57 Å². The van der Waals surface area contributed by atoms with Gasteiger partial charge in [0.1, 0.15) is 0 Å². The minimum absolute atomic E-state index is 0.0339. The lowest BCUT2D eigenvalue weighted by Crippen LogP contribution is -2.22. The van der Waals surface area contributed by atoms with E-state index in [0.29, 0.717) is 12.5 Å². The number of para-hydroxylation sites is 1. The Labute approximate surface area is 129 Å². The molecule has 0 spiro atoms. The molecule has 3 aromatic rings. The van der Waals surface area contributed by atoms with Gasteiger partial charge in [-0.1, -0.05) is 36.4 Å². The maximum atomic E-state index is 13.1. The number of hydrogen-bond donors (Lipinski definition) is 0. The third-order valence-electron chi connectivity index (χ3n) is 3.87. The van der Waals surface area contributed by atoms with Crippen LogP contribution in [0.4, 0.5) is 0 Å². The molecule has 3 heteroatoms. The lowest BCUT2D eigenvalue weighted by atomic mass is 10.1. The normalized spacial score (nSPS) is 10.9. The molecule has 112 valence electrons. The van der Waals surface area contributed by atoms with E-state index in [1.165, 1.54) is 0 Å². The van der Waals surface area contributed by atoms with Crippen molar-refractivity contribution in [1.82, 2.24) is 4.57 Å². The first-order valence-corrected chi connectivity index (χ1v) is 7.47. The summed E-state index contributed by atoms with van der Waals surface area (Å²) in [5.74, 6) is 0.583. The molecule has 0 N–H and O–H groups in total. The molecular formula is C19H19NO2. The van der Waals surface area contributed by atoms with Crippen molar-refractivity contribution < 1.29 is 4.74 Å². The minimum Gasteiger partial charge on any atom is -0.479 e. The van der Waals surface area contributed by atoms with E-state index in [2.05, 4.69) is 0 Å². The van der Waals surface area contributed by atoms with Crippen LogP contribution >= 0.6 is 0 Å². The first kappa shape index (κ1) is 14.4. The van der Waals surface area contributed by atoms with E-state index in [9.17, 15) is 4.79 Å². The molecule has 0 saturated heterocycles. The van der Waals surface area contributed by atoms with E-state index in [0.717, 1.165) is 27.6 Å². The molecule has 1 heterocycles. The average Bonchev–Trinajstić information content (AvgIpc) is 2.49. The SMILES string of the molecule is CCOc1cc2cccc(C)c2c(=O)n1-c1ccccc1C. The van der Waals surface area contributed by atoms with Crippen LogP contribution < -0.4 is 10.3 Å². The molecule has 0 atom stereocenters. The fourth-order valence-electron chi connectivity index (χ4n) is 2.81. The van der Waals surface area contributed by atoms with Gasteiger partial charge in [0.05, 0.1) is 17.7 Å². The van der Waals surface area contributed by atoms with Gasteiger partial charge in [0.15, 0.2) is 0 Å². The quantitative estimate of drug-likeness (QED) is 0.730. The van der Waals surface area contributed by atoms with Gasteiger partial charge < -0.3 is 4.74 Å². The van der Waals surface area contributed by atoms with Gasteiger partial charge in [-0.3, -0.25) is 4.79 Å². The van der Waals surface area contributed by atoms with Crippen molar-refractivity contribution in [2.75, 3.05) is 6.61 Å². The Hall–Kier alpha value is -2.55. The van der Waals surface area contributed by atoms with Gasteiger partial charge in [0.2, 0.25) is 5.88 Å². The Morgan fingerprint density at radius 3 is 2.45 bits per heavy atom. The van der Waals surface area contributed by atoms with Crippen LogP contribution in [-0.4, -0.2) is 11.2 Å². The summed E-state index contributed by atoms with van der Waals surface area (Å²) >= 11 is 0. The van der Waals surface area contributed by atoms with Gasteiger partial charge in [0, 0.05) is 6.07 Å². The number of aromatic nitrogens is 1. The molecule has 0 aliphatic carbocycles. The molecule has 0 radical (unpaired) electrons. The highest BCUT2D eigenvalue weighted by atomic mass is 16.5. The topological polar surface area (TPSA) is 31.2 Å². The van der Waals surface area contributed by atoms with E-state index in [4.69, 9.17) is 4.74 Å². The van der Waals surface area contributed by atoms with Crippen LogP contribution in [0.25, 0.3) is 16.5 Å². The van der Waals surface area contributed by atoms with Crippen molar-refractivity contribution in [3.8, 4) is 11.6 Å². The maximum Gasteiger partial charge on any atom is 0.266 e. The van der Waals surface area contributed by atoms with E-state index >= 15 is 0 Å². The monoisotopic (exact) mass is 293 g/mol. The number of aryl methyl sites for hydroxylation is 2. The Morgan fingerprint density at radius 1 is 1.00 bits per heavy atom. The smallest absolute Gasteiger partial charge is 0.266 e. The van der Waals surface area contributed by atoms with Crippen LogP contribution in [0.1, 0.15) is 18.1 Å². The van der Waals surface area contributed by atoms with Crippen molar-refractivity contribution >= 4 is 10.8 Å². The number of nitrogens with zero attached hydrogens (tertiary/aromatic N) is 1. The molecule has 2 aromatic carbocycles. The van der Waals surface area contributed by atoms with E-state index < -0.39 is 0 Å². The Bertz CT molecular complexity index is 894. The predicted octanol–water partition coefficient (Wildman–Crippen LogP) is 4.01. The molecule has 3 rings (SSSR count). The third kappa shape index (κ3) is 2.29. The Balaban J connectivity index is 2.44. The Morgan fingerprint density at radius 2 is 1.73 bits per heavy atom. The molecule has 3 nitrogen and oxygen atoms in total. The largest absolute Gasteiger partial charge is 0.479 e. The first-order chi connectivity index (χ1) is 10.6. The summed E-state index contributed by atoms with van der Waals surface area (Å²) in [5, 5.41) is 1.66. The summed E-state index contributed by atoms with van der Waals surface area (Å²) in [6.07, 6.45) is 0. The van der Waals surface area contributed by atoms with Crippen molar-refractivity contribution in [3.63, 3.8) is 0 Å². The minimum atomic E-state index is -0.0339. The van der Waals surface area contributed by atoms with Gasteiger partial charge in [-0.2, -0.15) is 0 Å². The van der Waals surface area contributed by atoms with Crippen LogP contribution in [0.2, 0.25) is 0 Å². The maximum absolute atomic E-state index is 13.1. The van der Waals surface area contributed by atoms with Crippen LogP contribution in [0, 0.1) is 13.8 Å². The van der Waals surface area contributed by atoms with Crippen LogP contribution in [0.15, 0.2) is 53.3 Å². The van der Waals surface area contributed by atoms with Gasteiger partial charge in [-0.05, 0) is 43.4 Å². The van der Waals surface area contributed by atoms with Crippen LogP contribution in [-0.2, 0) is 0 Å². The number of rotatable bonds is 3. The van der Waals surface area contributed by atoms with E-state index in [1.54, 1.807) is 4.57 Å². The molecule has 22 heavy (non-hydrogen) atoms. The molecule has 0 unspecified atom stereocenters. The summed E-state index contributed by atoms with van der Waals surface area (Å²) in [7, 11) is 0.